The van der Waals surface area contributed by atoms with Crippen molar-refractivity contribution in [2.24, 2.45) is 0 Å². The molecule has 0 saturated heterocycles. The van der Waals surface area contributed by atoms with E-state index in [1.54, 1.807) is 10.6 Å². The number of imidazole rings is 1. The molecule has 0 fully saturated rings. The van der Waals surface area contributed by atoms with Crippen LogP contribution in [0.25, 0.3) is 16.9 Å². The van der Waals surface area contributed by atoms with Crippen LogP contribution in [0.15, 0.2) is 94.8 Å². The van der Waals surface area contributed by atoms with Crippen molar-refractivity contribution < 1.29 is 13.5 Å². The fourth-order valence-electron chi connectivity index (χ4n) is 3.89. The predicted octanol–water partition coefficient (Wildman–Crippen LogP) is 3.75. The number of nitrogens with zero attached hydrogens (tertiary/aromatic N) is 4. The van der Waals surface area contributed by atoms with Crippen molar-refractivity contribution >= 4 is 11.2 Å². The molecular weight excluding hydrogens is 454 g/mol. The van der Waals surface area contributed by atoms with E-state index in [0.29, 0.717) is 11.4 Å². The monoisotopic (exact) mass is 474 g/mol. The number of fused-ring (bicyclic) bond motifs is 1. The van der Waals surface area contributed by atoms with Crippen LogP contribution in [0.5, 0.6) is 5.75 Å². The first-order valence-electron chi connectivity index (χ1n) is 10.9. The van der Waals surface area contributed by atoms with Crippen molar-refractivity contribution in [1.29, 1.82) is 0 Å². The summed E-state index contributed by atoms with van der Waals surface area (Å²) in [6.45, 7) is 0.257. The molecule has 2 aromatic heterocycles. The highest BCUT2D eigenvalue weighted by Crippen LogP contribution is 2.15. The minimum Gasteiger partial charge on any atom is -0.492 e. The van der Waals surface area contributed by atoms with Gasteiger partial charge in [0.1, 0.15) is 24.0 Å². The van der Waals surface area contributed by atoms with E-state index in [0.717, 1.165) is 4.57 Å². The van der Waals surface area contributed by atoms with Crippen LogP contribution in [0.3, 0.4) is 0 Å². The summed E-state index contributed by atoms with van der Waals surface area (Å²) in [6.07, 6.45) is 1.45. The van der Waals surface area contributed by atoms with Gasteiger partial charge in [0, 0.05) is 5.56 Å². The first-order valence-corrected chi connectivity index (χ1v) is 10.9. The van der Waals surface area contributed by atoms with Gasteiger partial charge in [0.25, 0.3) is 5.56 Å². The zero-order valence-corrected chi connectivity index (χ0v) is 18.5. The first-order chi connectivity index (χ1) is 17.0. The number of aromatic nitrogens is 4. The topological polar surface area (TPSA) is 71.1 Å². The van der Waals surface area contributed by atoms with E-state index in [9.17, 15) is 18.4 Å². The van der Waals surface area contributed by atoms with Crippen LogP contribution in [0.1, 0.15) is 5.56 Å². The van der Waals surface area contributed by atoms with E-state index in [1.165, 1.54) is 53.4 Å². The molecule has 0 aliphatic carbocycles. The van der Waals surface area contributed by atoms with E-state index in [4.69, 9.17) is 4.74 Å². The summed E-state index contributed by atoms with van der Waals surface area (Å²) in [7, 11) is 0. The third kappa shape index (κ3) is 4.35. The molecule has 0 N–H and O–H groups in total. The number of rotatable bonds is 7. The number of benzene rings is 3. The molecule has 0 aliphatic heterocycles. The quantitative estimate of drug-likeness (QED) is 0.360. The third-order valence-corrected chi connectivity index (χ3v) is 5.62. The summed E-state index contributed by atoms with van der Waals surface area (Å²) in [4.78, 5) is 31.3. The Kier molecular flexibility index (Phi) is 5.97. The molecule has 2 heterocycles. The Labute approximate surface area is 198 Å². The largest absolute Gasteiger partial charge is 0.492 e. The molecule has 3 aromatic carbocycles. The van der Waals surface area contributed by atoms with Crippen LogP contribution in [0, 0.1) is 11.6 Å². The Hall–Kier alpha value is -4.53. The Morgan fingerprint density at radius 2 is 1.57 bits per heavy atom. The van der Waals surface area contributed by atoms with Gasteiger partial charge in [-0.15, -0.1) is 0 Å². The van der Waals surface area contributed by atoms with Crippen LogP contribution in [-0.2, 0) is 13.1 Å². The van der Waals surface area contributed by atoms with Gasteiger partial charge in [0.2, 0.25) is 0 Å². The van der Waals surface area contributed by atoms with E-state index in [-0.39, 0.29) is 36.4 Å². The maximum atomic E-state index is 14.4. The summed E-state index contributed by atoms with van der Waals surface area (Å²) in [6, 6.07) is 20.4. The highest BCUT2D eigenvalue weighted by Gasteiger charge is 2.20. The standard InChI is InChI=1S/C26H20F2N4O3/c27-19-10-12-20(13-11-19)32-24-23(30(17-29-24)14-15-35-21-7-2-1-3-8-21)25(33)31(26(32)34)16-18-6-4-5-9-22(18)28/h1-13,17H,14-16H2. The molecule has 0 spiro atoms. The summed E-state index contributed by atoms with van der Waals surface area (Å²) in [5, 5.41) is 0. The van der Waals surface area contributed by atoms with Crippen LogP contribution in [-0.4, -0.2) is 25.3 Å². The summed E-state index contributed by atoms with van der Waals surface area (Å²) < 4.78 is 37.5. The van der Waals surface area contributed by atoms with Gasteiger partial charge in [-0.05, 0) is 42.5 Å². The number of hydrogen-bond acceptors (Lipinski definition) is 4. The summed E-state index contributed by atoms with van der Waals surface area (Å²) >= 11 is 0. The maximum Gasteiger partial charge on any atom is 0.337 e. The highest BCUT2D eigenvalue weighted by atomic mass is 19.1. The van der Waals surface area contributed by atoms with Crippen molar-refractivity contribution in [1.82, 2.24) is 18.7 Å². The average molecular weight is 474 g/mol. The Bertz CT molecular complexity index is 1610. The van der Waals surface area contributed by atoms with Crippen molar-refractivity contribution in [3.8, 4) is 11.4 Å². The van der Waals surface area contributed by atoms with Crippen LogP contribution >= 0.6 is 0 Å². The zero-order valence-electron chi connectivity index (χ0n) is 18.5. The molecule has 0 atom stereocenters. The molecule has 9 heteroatoms. The lowest BCUT2D eigenvalue weighted by Gasteiger charge is -2.13. The average Bonchev–Trinajstić information content (AvgIpc) is 3.28. The van der Waals surface area contributed by atoms with Gasteiger partial charge in [0.15, 0.2) is 11.2 Å². The molecule has 0 radical (unpaired) electrons. The third-order valence-electron chi connectivity index (χ3n) is 5.62. The van der Waals surface area contributed by atoms with E-state index < -0.39 is 22.9 Å². The van der Waals surface area contributed by atoms with E-state index >= 15 is 0 Å². The van der Waals surface area contributed by atoms with Crippen molar-refractivity contribution in [2.75, 3.05) is 6.61 Å². The molecule has 0 unspecified atom stereocenters. The van der Waals surface area contributed by atoms with E-state index in [1.807, 2.05) is 30.3 Å². The fourth-order valence-corrected chi connectivity index (χ4v) is 3.89. The molecule has 0 bridgehead atoms. The lowest BCUT2D eigenvalue weighted by atomic mass is 10.2. The van der Waals surface area contributed by atoms with Crippen LogP contribution < -0.4 is 16.0 Å². The normalized spacial score (nSPS) is 11.1. The van der Waals surface area contributed by atoms with Gasteiger partial charge < -0.3 is 9.30 Å². The molecule has 0 amide bonds. The number of hydrogen-bond donors (Lipinski definition) is 0. The predicted molar refractivity (Wildman–Crippen MR) is 127 cm³/mol. The maximum absolute atomic E-state index is 14.4. The molecule has 176 valence electrons. The fraction of sp³-hybridized carbons (Fsp3) is 0.115. The minimum atomic E-state index is -0.705. The Morgan fingerprint density at radius 1 is 0.857 bits per heavy atom. The second kappa shape index (κ2) is 9.38. The molecule has 0 saturated carbocycles. The van der Waals surface area contributed by atoms with Crippen molar-refractivity contribution in [3.05, 3.63) is 123 Å². The van der Waals surface area contributed by atoms with Crippen molar-refractivity contribution in [2.45, 2.75) is 13.1 Å². The Balaban J connectivity index is 1.63. The van der Waals surface area contributed by atoms with Gasteiger partial charge in [-0.1, -0.05) is 36.4 Å². The van der Waals surface area contributed by atoms with Crippen LogP contribution in [0.4, 0.5) is 8.78 Å². The molecule has 5 rings (SSSR count). The molecule has 0 aliphatic rings. The van der Waals surface area contributed by atoms with Gasteiger partial charge in [-0.3, -0.25) is 9.36 Å². The smallest absolute Gasteiger partial charge is 0.337 e. The van der Waals surface area contributed by atoms with E-state index in [2.05, 4.69) is 4.98 Å². The van der Waals surface area contributed by atoms with Gasteiger partial charge in [-0.2, -0.15) is 0 Å². The molecule has 35 heavy (non-hydrogen) atoms. The Morgan fingerprint density at radius 3 is 2.31 bits per heavy atom. The second-order valence-electron chi connectivity index (χ2n) is 7.85. The van der Waals surface area contributed by atoms with Crippen LogP contribution in [0.2, 0.25) is 0 Å². The SMILES string of the molecule is O=c1c2c(ncn2CCOc2ccccc2)n(-c2ccc(F)cc2)c(=O)n1Cc1ccccc1F. The molecular formula is C26H20F2N4O3. The number of halogens is 2. The number of para-hydroxylation sites is 1. The second-order valence-corrected chi connectivity index (χ2v) is 7.85. The summed E-state index contributed by atoms with van der Waals surface area (Å²) in [5.41, 5.74) is -0.519. The lowest BCUT2D eigenvalue weighted by molar-refractivity contribution is 0.300. The van der Waals surface area contributed by atoms with Gasteiger partial charge in [-0.25, -0.2) is 23.1 Å². The first kappa shape index (κ1) is 22.3. The summed E-state index contributed by atoms with van der Waals surface area (Å²) in [5.74, 6) is -0.324. The van der Waals surface area contributed by atoms with Crippen molar-refractivity contribution in [3.63, 3.8) is 0 Å². The van der Waals surface area contributed by atoms with Gasteiger partial charge >= 0.3 is 5.69 Å². The number of ether oxygens (including phenoxy) is 1. The molecule has 7 nitrogen and oxygen atoms in total. The van der Waals surface area contributed by atoms with Gasteiger partial charge in [0.05, 0.1) is 25.1 Å². The highest BCUT2D eigenvalue weighted by molar-refractivity contribution is 5.72. The lowest BCUT2D eigenvalue weighted by Crippen LogP contribution is -2.40. The zero-order chi connectivity index (χ0) is 24.4. The minimum absolute atomic E-state index is 0.121. The molecule has 5 aromatic rings.